The molecule has 0 heterocycles. The van der Waals surface area contributed by atoms with Crippen LogP contribution in [-0.2, 0) is 0 Å². The molecule has 1 aliphatic rings. The number of rotatable bonds is 4. The molecule has 102 valence electrons. The molecule has 6 nitrogen and oxygen atoms in total. The molecule has 0 spiro atoms. The summed E-state index contributed by atoms with van der Waals surface area (Å²) in [5.41, 5.74) is -0.130. The predicted octanol–water partition coefficient (Wildman–Crippen LogP) is 1.49. The van der Waals surface area contributed by atoms with Crippen LogP contribution in [-0.4, -0.2) is 28.6 Å². The van der Waals surface area contributed by atoms with Crippen LogP contribution in [0.1, 0.15) is 29.6 Å². The van der Waals surface area contributed by atoms with Crippen molar-refractivity contribution in [3.63, 3.8) is 0 Å². The summed E-state index contributed by atoms with van der Waals surface area (Å²) in [6.07, 6.45) is 2.63. The van der Waals surface area contributed by atoms with Crippen molar-refractivity contribution in [1.82, 2.24) is 5.32 Å². The highest BCUT2D eigenvalue weighted by molar-refractivity contribution is 5.98. The minimum absolute atomic E-state index is 0.0296. The second-order valence-corrected chi connectivity index (χ2v) is 4.73. The number of hydrogen-bond acceptors (Lipinski definition) is 4. The first-order valence-electron chi connectivity index (χ1n) is 6.28. The lowest BCUT2D eigenvalue weighted by atomic mass is 10.0. The standard InChI is InChI=1S/C13H16N2O4/c16-8-9-4-3-6-11(9)14-13(17)10-5-1-2-7-12(10)15(18)19/h1-2,5,7,9,11,16H,3-4,6,8H2,(H,14,17). The van der Waals surface area contributed by atoms with Crippen molar-refractivity contribution in [1.29, 1.82) is 0 Å². The molecule has 0 bridgehead atoms. The van der Waals surface area contributed by atoms with Gasteiger partial charge in [0.05, 0.1) is 4.92 Å². The van der Waals surface area contributed by atoms with Crippen molar-refractivity contribution in [3.05, 3.63) is 39.9 Å². The lowest BCUT2D eigenvalue weighted by Gasteiger charge is -2.18. The lowest BCUT2D eigenvalue weighted by Crippen LogP contribution is -2.38. The molecule has 19 heavy (non-hydrogen) atoms. The van der Waals surface area contributed by atoms with Gasteiger partial charge >= 0.3 is 0 Å². The van der Waals surface area contributed by atoms with Crippen molar-refractivity contribution in [2.45, 2.75) is 25.3 Å². The van der Waals surface area contributed by atoms with Crippen molar-refractivity contribution < 1.29 is 14.8 Å². The fourth-order valence-corrected chi connectivity index (χ4v) is 2.52. The van der Waals surface area contributed by atoms with Gasteiger partial charge in [-0.15, -0.1) is 0 Å². The van der Waals surface area contributed by atoms with E-state index in [0.717, 1.165) is 19.3 Å². The van der Waals surface area contributed by atoms with Crippen molar-refractivity contribution >= 4 is 11.6 Å². The Labute approximate surface area is 110 Å². The summed E-state index contributed by atoms with van der Waals surface area (Å²) in [7, 11) is 0. The number of carbonyl (C=O) groups is 1. The van der Waals surface area contributed by atoms with Crippen molar-refractivity contribution in [3.8, 4) is 0 Å². The number of nitro benzene ring substituents is 1. The van der Waals surface area contributed by atoms with Gasteiger partial charge in [-0.1, -0.05) is 18.6 Å². The Morgan fingerprint density at radius 3 is 2.84 bits per heavy atom. The monoisotopic (exact) mass is 264 g/mol. The average molecular weight is 264 g/mol. The quantitative estimate of drug-likeness (QED) is 0.636. The lowest BCUT2D eigenvalue weighted by molar-refractivity contribution is -0.385. The largest absolute Gasteiger partial charge is 0.396 e. The van der Waals surface area contributed by atoms with Crippen LogP contribution >= 0.6 is 0 Å². The Morgan fingerprint density at radius 1 is 1.42 bits per heavy atom. The zero-order chi connectivity index (χ0) is 13.8. The number of benzene rings is 1. The Balaban J connectivity index is 2.14. The zero-order valence-corrected chi connectivity index (χ0v) is 10.4. The Morgan fingerprint density at radius 2 is 2.16 bits per heavy atom. The van der Waals surface area contributed by atoms with E-state index in [1.807, 2.05) is 0 Å². The number of aliphatic hydroxyl groups is 1. The molecule has 1 aromatic carbocycles. The number of carbonyl (C=O) groups excluding carboxylic acids is 1. The minimum atomic E-state index is -0.562. The van der Waals surface area contributed by atoms with Crippen LogP contribution in [0.15, 0.2) is 24.3 Å². The van der Waals surface area contributed by atoms with Crippen LogP contribution in [0.3, 0.4) is 0 Å². The number of aliphatic hydroxyl groups excluding tert-OH is 1. The molecule has 0 radical (unpaired) electrons. The van der Waals surface area contributed by atoms with Gasteiger partial charge in [0, 0.05) is 24.6 Å². The fraction of sp³-hybridized carbons (Fsp3) is 0.462. The van der Waals surface area contributed by atoms with E-state index in [4.69, 9.17) is 0 Å². The molecule has 1 fully saturated rings. The number of amides is 1. The molecule has 2 N–H and O–H groups in total. The molecular formula is C13H16N2O4. The van der Waals surface area contributed by atoms with Crippen LogP contribution in [0.2, 0.25) is 0 Å². The normalized spacial score (nSPS) is 22.2. The predicted molar refractivity (Wildman–Crippen MR) is 68.8 cm³/mol. The van der Waals surface area contributed by atoms with E-state index in [2.05, 4.69) is 5.32 Å². The Kier molecular flexibility index (Phi) is 4.11. The second-order valence-electron chi connectivity index (χ2n) is 4.73. The first-order chi connectivity index (χ1) is 9.13. The highest BCUT2D eigenvalue weighted by atomic mass is 16.6. The maximum Gasteiger partial charge on any atom is 0.282 e. The molecule has 6 heteroatoms. The summed E-state index contributed by atoms with van der Waals surface area (Å²) in [4.78, 5) is 22.4. The third-order valence-electron chi connectivity index (χ3n) is 3.56. The van der Waals surface area contributed by atoms with Gasteiger partial charge in [-0.25, -0.2) is 0 Å². The summed E-state index contributed by atoms with van der Waals surface area (Å²) in [6, 6.07) is 5.78. The third-order valence-corrected chi connectivity index (χ3v) is 3.56. The highest BCUT2D eigenvalue weighted by Crippen LogP contribution is 2.26. The van der Waals surface area contributed by atoms with Gasteiger partial charge in [-0.2, -0.15) is 0 Å². The minimum Gasteiger partial charge on any atom is -0.396 e. The van der Waals surface area contributed by atoms with E-state index in [0.29, 0.717) is 0 Å². The Hall–Kier alpha value is -1.95. The molecule has 1 aromatic rings. The summed E-state index contributed by atoms with van der Waals surface area (Å²) in [6.45, 7) is 0.0296. The number of nitrogens with zero attached hydrogens (tertiary/aromatic N) is 1. The third kappa shape index (κ3) is 2.90. The smallest absolute Gasteiger partial charge is 0.282 e. The van der Waals surface area contributed by atoms with Crippen LogP contribution in [0.4, 0.5) is 5.69 Å². The van der Waals surface area contributed by atoms with Crippen LogP contribution in [0, 0.1) is 16.0 Å². The zero-order valence-electron chi connectivity index (χ0n) is 10.4. The molecule has 1 saturated carbocycles. The topological polar surface area (TPSA) is 92.5 Å². The summed E-state index contributed by atoms with van der Waals surface area (Å²) < 4.78 is 0. The summed E-state index contributed by atoms with van der Waals surface area (Å²) in [5, 5.41) is 22.9. The SMILES string of the molecule is O=C(NC1CCCC1CO)c1ccccc1[N+](=O)[O-]. The summed E-state index contributed by atoms with van der Waals surface area (Å²) in [5.74, 6) is -0.399. The van der Waals surface area contributed by atoms with E-state index < -0.39 is 10.8 Å². The maximum absolute atomic E-state index is 12.1. The van der Waals surface area contributed by atoms with Crippen molar-refractivity contribution in [2.75, 3.05) is 6.61 Å². The fourth-order valence-electron chi connectivity index (χ4n) is 2.52. The molecule has 0 saturated heterocycles. The molecule has 1 aliphatic carbocycles. The van der Waals surface area contributed by atoms with Gasteiger partial charge in [0.25, 0.3) is 11.6 Å². The Bertz CT molecular complexity index is 489. The van der Waals surface area contributed by atoms with Crippen LogP contribution in [0.25, 0.3) is 0 Å². The number of para-hydroxylation sites is 1. The second kappa shape index (κ2) is 5.79. The molecule has 0 aromatic heterocycles. The average Bonchev–Trinajstić information content (AvgIpc) is 2.85. The van der Waals surface area contributed by atoms with E-state index >= 15 is 0 Å². The van der Waals surface area contributed by atoms with E-state index in [9.17, 15) is 20.0 Å². The van der Waals surface area contributed by atoms with E-state index in [-0.39, 0.29) is 29.8 Å². The molecule has 2 rings (SSSR count). The molecular weight excluding hydrogens is 248 g/mol. The van der Waals surface area contributed by atoms with Gasteiger partial charge < -0.3 is 10.4 Å². The van der Waals surface area contributed by atoms with Gasteiger partial charge in [0.15, 0.2) is 0 Å². The molecule has 1 amide bonds. The number of hydrogen-bond donors (Lipinski definition) is 2. The van der Waals surface area contributed by atoms with E-state index in [1.165, 1.54) is 18.2 Å². The van der Waals surface area contributed by atoms with E-state index in [1.54, 1.807) is 6.07 Å². The molecule has 0 aliphatic heterocycles. The van der Waals surface area contributed by atoms with Gasteiger partial charge in [0.1, 0.15) is 5.56 Å². The number of nitrogens with one attached hydrogen (secondary N) is 1. The van der Waals surface area contributed by atoms with Gasteiger partial charge in [-0.3, -0.25) is 14.9 Å². The molecule has 2 atom stereocenters. The van der Waals surface area contributed by atoms with Crippen molar-refractivity contribution in [2.24, 2.45) is 5.92 Å². The maximum atomic E-state index is 12.1. The van der Waals surface area contributed by atoms with Gasteiger partial charge in [0.2, 0.25) is 0 Å². The number of nitro groups is 1. The van der Waals surface area contributed by atoms with Crippen LogP contribution < -0.4 is 5.32 Å². The summed E-state index contributed by atoms with van der Waals surface area (Å²) >= 11 is 0. The first kappa shape index (κ1) is 13.5. The molecule has 2 unspecified atom stereocenters. The van der Waals surface area contributed by atoms with Gasteiger partial charge in [-0.05, 0) is 18.9 Å². The first-order valence-corrected chi connectivity index (χ1v) is 6.28. The van der Waals surface area contributed by atoms with Crippen LogP contribution in [0.5, 0.6) is 0 Å². The highest BCUT2D eigenvalue weighted by Gasteiger charge is 2.29.